The molecule has 0 bridgehead atoms. The third-order valence-electron chi connectivity index (χ3n) is 2.21. The van der Waals surface area contributed by atoms with Crippen LogP contribution in [0.2, 0.25) is 0 Å². The van der Waals surface area contributed by atoms with Gasteiger partial charge in [-0.2, -0.15) is 4.37 Å². The largest absolute Gasteiger partial charge is 0.329 e. The lowest BCUT2D eigenvalue weighted by Crippen LogP contribution is -2.09. The van der Waals surface area contributed by atoms with Gasteiger partial charge >= 0.3 is 0 Å². The highest BCUT2D eigenvalue weighted by molar-refractivity contribution is 9.10. The van der Waals surface area contributed by atoms with Crippen LogP contribution < -0.4 is 5.73 Å². The monoisotopic (exact) mass is 329 g/mol. The topological polar surface area (TPSA) is 51.8 Å². The van der Waals surface area contributed by atoms with Gasteiger partial charge < -0.3 is 5.73 Å². The van der Waals surface area contributed by atoms with E-state index >= 15 is 0 Å². The van der Waals surface area contributed by atoms with Crippen molar-refractivity contribution in [3.63, 3.8) is 0 Å². The van der Waals surface area contributed by atoms with Crippen LogP contribution >= 0.6 is 39.2 Å². The molecular formula is C11H12BrN3S2. The van der Waals surface area contributed by atoms with Gasteiger partial charge in [-0.15, -0.1) is 0 Å². The van der Waals surface area contributed by atoms with E-state index in [4.69, 9.17) is 5.73 Å². The van der Waals surface area contributed by atoms with E-state index in [0.29, 0.717) is 6.54 Å². The van der Waals surface area contributed by atoms with Crippen LogP contribution in [-0.2, 0) is 0 Å². The van der Waals surface area contributed by atoms with Crippen molar-refractivity contribution in [2.45, 2.75) is 16.5 Å². The summed E-state index contributed by atoms with van der Waals surface area (Å²) in [6.07, 6.45) is 0. The van der Waals surface area contributed by atoms with Gasteiger partial charge in [-0.05, 0) is 36.2 Å². The number of hydrogen-bond donors (Lipinski definition) is 1. The van der Waals surface area contributed by atoms with Gasteiger partial charge in [0.05, 0.1) is 0 Å². The van der Waals surface area contributed by atoms with Crippen LogP contribution in [0.1, 0.15) is 16.6 Å². The second kappa shape index (κ2) is 5.95. The van der Waals surface area contributed by atoms with Crippen molar-refractivity contribution in [3.05, 3.63) is 40.1 Å². The summed E-state index contributed by atoms with van der Waals surface area (Å²) in [5, 5.41) is 0.232. The van der Waals surface area contributed by atoms with Gasteiger partial charge in [-0.1, -0.05) is 39.8 Å². The van der Waals surface area contributed by atoms with Crippen molar-refractivity contribution in [1.29, 1.82) is 0 Å². The number of thioether (sulfide) groups is 1. The lowest BCUT2D eigenvalue weighted by molar-refractivity contribution is 0.937. The number of aromatic nitrogens is 2. The number of halogens is 1. The van der Waals surface area contributed by atoms with E-state index in [1.54, 1.807) is 11.8 Å². The van der Waals surface area contributed by atoms with E-state index in [-0.39, 0.29) is 5.25 Å². The van der Waals surface area contributed by atoms with Gasteiger partial charge in [-0.25, -0.2) is 4.98 Å². The summed E-state index contributed by atoms with van der Waals surface area (Å²) in [5.74, 6) is 0.823. The van der Waals surface area contributed by atoms with Crippen LogP contribution in [0, 0.1) is 6.92 Å². The maximum absolute atomic E-state index is 5.82. The molecule has 0 amide bonds. The van der Waals surface area contributed by atoms with Crippen LogP contribution in [0.4, 0.5) is 0 Å². The fourth-order valence-corrected chi connectivity index (χ4v) is 3.52. The highest BCUT2D eigenvalue weighted by Gasteiger charge is 2.13. The summed E-state index contributed by atoms with van der Waals surface area (Å²) in [6.45, 7) is 2.49. The summed E-state index contributed by atoms with van der Waals surface area (Å²) >= 11 is 6.53. The quantitative estimate of drug-likeness (QED) is 0.873. The standard InChI is InChI=1S/C11H12BrN3S2/c1-7-14-11(17-15-7)16-10(6-13)8-2-4-9(12)5-3-8/h2-5,10H,6,13H2,1H3. The first-order valence-electron chi connectivity index (χ1n) is 5.11. The first kappa shape index (κ1) is 13.0. The molecule has 2 N–H and O–H groups in total. The molecule has 0 aliphatic carbocycles. The Hall–Kier alpha value is -0.430. The molecule has 0 spiro atoms. The number of benzene rings is 1. The van der Waals surface area contributed by atoms with Crippen molar-refractivity contribution in [2.75, 3.05) is 6.54 Å². The predicted molar refractivity (Wildman–Crippen MR) is 76.4 cm³/mol. The van der Waals surface area contributed by atoms with Gasteiger partial charge in [0.25, 0.3) is 0 Å². The van der Waals surface area contributed by atoms with E-state index in [2.05, 4.69) is 37.4 Å². The molecule has 1 heterocycles. The van der Waals surface area contributed by atoms with E-state index in [9.17, 15) is 0 Å². The van der Waals surface area contributed by atoms with Crippen LogP contribution in [0.25, 0.3) is 0 Å². The highest BCUT2D eigenvalue weighted by atomic mass is 79.9. The minimum absolute atomic E-state index is 0.232. The smallest absolute Gasteiger partial charge is 0.170 e. The second-order valence-electron chi connectivity index (χ2n) is 3.50. The minimum Gasteiger partial charge on any atom is -0.329 e. The molecule has 0 radical (unpaired) electrons. The van der Waals surface area contributed by atoms with Crippen LogP contribution in [-0.4, -0.2) is 15.9 Å². The van der Waals surface area contributed by atoms with Gasteiger partial charge in [0.15, 0.2) is 4.34 Å². The Morgan fingerprint density at radius 2 is 2.12 bits per heavy atom. The van der Waals surface area contributed by atoms with E-state index in [0.717, 1.165) is 14.6 Å². The Labute approximate surface area is 117 Å². The third-order valence-corrected chi connectivity index (χ3v) is 4.89. The molecule has 0 fully saturated rings. The summed E-state index contributed by atoms with van der Waals surface area (Å²) in [6, 6.07) is 8.23. The Balaban J connectivity index is 2.13. The molecule has 0 saturated heterocycles. The molecular weight excluding hydrogens is 318 g/mol. The Bertz CT molecular complexity index is 484. The molecule has 1 unspecified atom stereocenters. The molecule has 0 aliphatic heterocycles. The van der Waals surface area contributed by atoms with E-state index in [1.165, 1.54) is 17.1 Å². The summed E-state index contributed by atoms with van der Waals surface area (Å²) < 4.78 is 6.22. The number of nitrogens with zero attached hydrogens (tertiary/aromatic N) is 2. The SMILES string of the molecule is Cc1nsc(SC(CN)c2ccc(Br)cc2)n1. The van der Waals surface area contributed by atoms with Crippen molar-refractivity contribution >= 4 is 39.2 Å². The van der Waals surface area contributed by atoms with Gasteiger partial charge in [0, 0.05) is 16.3 Å². The molecule has 1 aromatic heterocycles. The van der Waals surface area contributed by atoms with Gasteiger partial charge in [-0.3, -0.25) is 0 Å². The zero-order valence-corrected chi connectivity index (χ0v) is 12.5. The number of aryl methyl sites for hydroxylation is 1. The van der Waals surface area contributed by atoms with Gasteiger partial charge in [0.1, 0.15) is 5.82 Å². The van der Waals surface area contributed by atoms with Crippen molar-refractivity contribution in [3.8, 4) is 0 Å². The molecule has 90 valence electrons. The second-order valence-corrected chi connectivity index (χ2v) is 6.62. The first-order chi connectivity index (χ1) is 8.19. The summed E-state index contributed by atoms with van der Waals surface area (Å²) in [7, 11) is 0. The summed E-state index contributed by atoms with van der Waals surface area (Å²) in [4.78, 5) is 4.35. The van der Waals surface area contributed by atoms with E-state index < -0.39 is 0 Å². The van der Waals surface area contributed by atoms with Gasteiger partial charge in [0.2, 0.25) is 0 Å². The normalized spacial score (nSPS) is 12.6. The highest BCUT2D eigenvalue weighted by Crippen LogP contribution is 2.35. The average molecular weight is 330 g/mol. The lowest BCUT2D eigenvalue weighted by atomic mass is 10.1. The lowest BCUT2D eigenvalue weighted by Gasteiger charge is -2.12. The third kappa shape index (κ3) is 3.51. The zero-order valence-electron chi connectivity index (χ0n) is 9.26. The predicted octanol–water partition coefficient (Wildman–Crippen LogP) is 3.40. The molecule has 6 heteroatoms. The molecule has 3 nitrogen and oxygen atoms in total. The Morgan fingerprint density at radius 1 is 1.41 bits per heavy atom. The molecule has 2 aromatic rings. The summed E-state index contributed by atoms with van der Waals surface area (Å²) in [5.41, 5.74) is 7.04. The molecule has 0 aliphatic rings. The maximum Gasteiger partial charge on any atom is 0.170 e. The molecule has 1 aromatic carbocycles. The molecule has 2 rings (SSSR count). The fraction of sp³-hybridized carbons (Fsp3) is 0.273. The Kier molecular flexibility index (Phi) is 4.55. The number of nitrogens with two attached hydrogens (primary N) is 1. The Morgan fingerprint density at radius 3 is 2.65 bits per heavy atom. The fourth-order valence-electron chi connectivity index (χ4n) is 1.38. The van der Waals surface area contributed by atoms with Crippen molar-refractivity contribution in [2.24, 2.45) is 5.73 Å². The number of rotatable bonds is 4. The van der Waals surface area contributed by atoms with Crippen LogP contribution in [0.15, 0.2) is 33.1 Å². The minimum atomic E-state index is 0.232. The number of hydrogen-bond acceptors (Lipinski definition) is 5. The first-order valence-corrected chi connectivity index (χ1v) is 7.56. The van der Waals surface area contributed by atoms with Crippen molar-refractivity contribution < 1.29 is 0 Å². The van der Waals surface area contributed by atoms with Crippen molar-refractivity contribution in [1.82, 2.24) is 9.36 Å². The zero-order chi connectivity index (χ0) is 12.3. The average Bonchev–Trinajstić information content (AvgIpc) is 2.73. The molecule has 1 atom stereocenters. The molecule has 17 heavy (non-hydrogen) atoms. The maximum atomic E-state index is 5.82. The van der Waals surface area contributed by atoms with Crippen LogP contribution in [0.3, 0.4) is 0 Å². The molecule has 0 saturated carbocycles. The van der Waals surface area contributed by atoms with E-state index in [1.807, 2.05) is 19.1 Å². The van der Waals surface area contributed by atoms with Crippen LogP contribution in [0.5, 0.6) is 0 Å².